The Balaban J connectivity index is 2.16. The maximum Gasteiger partial charge on any atom is 0.253 e. The summed E-state index contributed by atoms with van der Waals surface area (Å²) in [7, 11) is 0. The summed E-state index contributed by atoms with van der Waals surface area (Å²) in [6.45, 7) is 2.36. The SMILES string of the molecule is CCc1cccnc1CNC(=O)c1cc(N)cc(Cl)c1Cl. The number of hydrogen-bond donors (Lipinski definition) is 2. The first-order valence-electron chi connectivity index (χ1n) is 6.48. The Kier molecular flexibility index (Phi) is 5.04. The van der Waals surface area contributed by atoms with Gasteiger partial charge in [0.15, 0.2) is 0 Å². The molecule has 0 aliphatic rings. The highest BCUT2D eigenvalue weighted by Gasteiger charge is 2.14. The minimum absolute atomic E-state index is 0.195. The van der Waals surface area contributed by atoms with Crippen LogP contribution >= 0.6 is 23.2 Å². The van der Waals surface area contributed by atoms with Gasteiger partial charge in [0.25, 0.3) is 5.91 Å². The van der Waals surface area contributed by atoms with Gasteiger partial charge in [0.2, 0.25) is 0 Å². The normalized spacial score (nSPS) is 10.4. The monoisotopic (exact) mass is 323 g/mol. The van der Waals surface area contributed by atoms with E-state index in [0.29, 0.717) is 12.2 Å². The zero-order chi connectivity index (χ0) is 15.4. The van der Waals surface area contributed by atoms with Crippen molar-refractivity contribution in [3.05, 3.63) is 57.3 Å². The van der Waals surface area contributed by atoms with E-state index in [1.807, 2.05) is 19.1 Å². The molecule has 0 unspecified atom stereocenters. The summed E-state index contributed by atoms with van der Waals surface area (Å²) in [6.07, 6.45) is 2.55. The van der Waals surface area contributed by atoms with Gasteiger partial charge in [-0.2, -0.15) is 0 Å². The Morgan fingerprint density at radius 3 is 2.86 bits per heavy atom. The number of amides is 1. The molecular weight excluding hydrogens is 309 g/mol. The molecule has 0 saturated carbocycles. The minimum atomic E-state index is -0.332. The Labute approximate surface area is 133 Å². The van der Waals surface area contributed by atoms with Gasteiger partial charge in [-0.1, -0.05) is 36.2 Å². The van der Waals surface area contributed by atoms with Gasteiger partial charge in [-0.15, -0.1) is 0 Å². The van der Waals surface area contributed by atoms with Crippen LogP contribution in [0.3, 0.4) is 0 Å². The molecule has 1 aromatic carbocycles. The Morgan fingerprint density at radius 2 is 2.14 bits per heavy atom. The van der Waals surface area contributed by atoms with Crippen LogP contribution in [-0.2, 0) is 13.0 Å². The lowest BCUT2D eigenvalue weighted by molar-refractivity contribution is 0.0950. The van der Waals surface area contributed by atoms with E-state index < -0.39 is 0 Å². The summed E-state index contributed by atoms with van der Waals surface area (Å²) in [6, 6.07) is 6.87. The molecule has 2 aromatic rings. The van der Waals surface area contributed by atoms with Crippen molar-refractivity contribution in [2.24, 2.45) is 0 Å². The fourth-order valence-corrected chi connectivity index (χ4v) is 2.41. The highest BCUT2D eigenvalue weighted by Crippen LogP contribution is 2.28. The number of aromatic nitrogens is 1. The molecular formula is C15H15Cl2N3O. The number of halogens is 2. The molecule has 110 valence electrons. The summed E-state index contributed by atoms with van der Waals surface area (Å²) >= 11 is 12.0. The molecule has 0 spiro atoms. The van der Waals surface area contributed by atoms with E-state index in [9.17, 15) is 4.79 Å². The van der Waals surface area contributed by atoms with Crippen LogP contribution in [0.15, 0.2) is 30.5 Å². The van der Waals surface area contributed by atoms with Gasteiger partial charge in [0, 0.05) is 11.9 Å². The van der Waals surface area contributed by atoms with Crippen LogP contribution in [-0.4, -0.2) is 10.9 Å². The van der Waals surface area contributed by atoms with E-state index in [-0.39, 0.29) is 21.5 Å². The molecule has 1 aromatic heterocycles. The van der Waals surface area contributed by atoms with Crippen molar-refractivity contribution in [2.75, 3.05) is 5.73 Å². The van der Waals surface area contributed by atoms with E-state index in [0.717, 1.165) is 17.7 Å². The Morgan fingerprint density at radius 1 is 1.38 bits per heavy atom. The zero-order valence-corrected chi connectivity index (χ0v) is 13.0. The standard InChI is InChI=1S/C15H15Cl2N3O/c1-2-9-4-3-5-19-13(9)8-20-15(21)11-6-10(18)7-12(16)14(11)17/h3-7H,2,8,18H2,1H3,(H,20,21). The number of hydrogen-bond acceptors (Lipinski definition) is 3. The van der Waals surface area contributed by atoms with Crippen LogP contribution in [0, 0.1) is 0 Å². The molecule has 0 fully saturated rings. The lowest BCUT2D eigenvalue weighted by atomic mass is 10.1. The molecule has 4 nitrogen and oxygen atoms in total. The highest BCUT2D eigenvalue weighted by atomic mass is 35.5. The summed E-state index contributed by atoms with van der Waals surface area (Å²) < 4.78 is 0. The predicted molar refractivity (Wildman–Crippen MR) is 85.7 cm³/mol. The van der Waals surface area contributed by atoms with Crippen molar-refractivity contribution in [1.29, 1.82) is 0 Å². The fraction of sp³-hybridized carbons (Fsp3) is 0.200. The smallest absolute Gasteiger partial charge is 0.253 e. The minimum Gasteiger partial charge on any atom is -0.399 e. The molecule has 0 radical (unpaired) electrons. The molecule has 0 aliphatic heterocycles. The number of carbonyl (C=O) groups is 1. The van der Waals surface area contributed by atoms with Crippen LogP contribution in [0.25, 0.3) is 0 Å². The lowest BCUT2D eigenvalue weighted by Gasteiger charge is -2.10. The van der Waals surface area contributed by atoms with Gasteiger partial charge in [-0.3, -0.25) is 9.78 Å². The van der Waals surface area contributed by atoms with Crippen molar-refractivity contribution in [3.63, 3.8) is 0 Å². The van der Waals surface area contributed by atoms with Crippen molar-refractivity contribution in [1.82, 2.24) is 10.3 Å². The zero-order valence-electron chi connectivity index (χ0n) is 11.5. The molecule has 6 heteroatoms. The predicted octanol–water partition coefficient (Wildman–Crippen LogP) is 3.46. The number of benzene rings is 1. The number of rotatable bonds is 4. The number of nitrogens with two attached hydrogens (primary N) is 1. The number of aryl methyl sites for hydroxylation is 1. The first-order chi connectivity index (χ1) is 10.0. The van der Waals surface area contributed by atoms with Crippen molar-refractivity contribution < 1.29 is 4.79 Å². The van der Waals surface area contributed by atoms with Crippen LogP contribution in [0.1, 0.15) is 28.5 Å². The van der Waals surface area contributed by atoms with Gasteiger partial charge in [-0.25, -0.2) is 0 Å². The first kappa shape index (κ1) is 15.6. The van der Waals surface area contributed by atoms with Crippen LogP contribution in [0.5, 0.6) is 0 Å². The van der Waals surface area contributed by atoms with E-state index in [1.54, 1.807) is 6.20 Å². The molecule has 0 atom stereocenters. The van der Waals surface area contributed by atoms with Gasteiger partial charge in [0.1, 0.15) is 0 Å². The topological polar surface area (TPSA) is 68.0 Å². The maximum absolute atomic E-state index is 12.2. The van der Waals surface area contributed by atoms with E-state index in [1.165, 1.54) is 12.1 Å². The molecule has 1 heterocycles. The Bertz CT molecular complexity index is 674. The largest absolute Gasteiger partial charge is 0.399 e. The highest BCUT2D eigenvalue weighted by molar-refractivity contribution is 6.44. The number of anilines is 1. The summed E-state index contributed by atoms with van der Waals surface area (Å²) in [5, 5.41) is 3.24. The van der Waals surface area contributed by atoms with E-state index in [4.69, 9.17) is 28.9 Å². The molecule has 0 saturated heterocycles. The van der Waals surface area contributed by atoms with Crippen molar-refractivity contribution >= 4 is 34.8 Å². The molecule has 3 N–H and O–H groups in total. The average Bonchev–Trinajstić information content (AvgIpc) is 2.48. The number of nitrogens with zero attached hydrogens (tertiary/aromatic N) is 1. The maximum atomic E-state index is 12.2. The van der Waals surface area contributed by atoms with Crippen LogP contribution in [0.4, 0.5) is 5.69 Å². The number of nitrogen functional groups attached to an aromatic ring is 1. The van der Waals surface area contributed by atoms with Crippen LogP contribution in [0.2, 0.25) is 10.0 Å². The van der Waals surface area contributed by atoms with E-state index in [2.05, 4.69) is 10.3 Å². The third kappa shape index (κ3) is 3.65. The van der Waals surface area contributed by atoms with Gasteiger partial charge in [0.05, 0.1) is 27.8 Å². The number of pyridine rings is 1. The van der Waals surface area contributed by atoms with Gasteiger partial charge >= 0.3 is 0 Å². The molecule has 1 amide bonds. The third-order valence-electron chi connectivity index (χ3n) is 3.08. The molecule has 0 aliphatic carbocycles. The lowest BCUT2D eigenvalue weighted by Crippen LogP contribution is -2.24. The molecule has 0 bridgehead atoms. The second kappa shape index (κ2) is 6.78. The Hall–Kier alpha value is -1.78. The summed E-state index contributed by atoms with van der Waals surface area (Å²) in [4.78, 5) is 16.5. The van der Waals surface area contributed by atoms with Crippen molar-refractivity contribution in [2.45, 2.75) is 19.9 Å². The molecule has 21 heavy (non-hydrogen) atoms. The summed E-state index contributed by atoms with van der Waals surface area (Å²) in [5.41, 5.74) is 8.26. The van der Waals surface area contributed by atoms with Crippen LogP contribution < -0.4 is 11.1 Å². The third-order valence-corrected chi connectivity index (χ3v) is 3.88. The number of nitrogens with one attached hydrogen (secondary N) is 1. The average molecular weight is 324 g/mol. The fourth-order valence-electron chi connectivity index (χ4n) is 1.99. The van der Waals surface area contributed by atoms with E-state index >= 15 is 0 Å². The quantitative estimate of drug-likeness (QED) is 0.846. The second-order valence-electron chi connectivity index (χ2n) is 4.51. The van der Waals surface area contributed by atoms with Gasteiger partial charge < -0.3 is 11.1 Å². The summed E-state index contributed by atoms with van der Waals surface area (Å²) in [5.74, 6) is -0.332. The number of carbonyl (C=O) groups excluding carboxylic acids is 1. The van der Waals surface area contributed by atoms with Crippen molar-refractivity contribution in [3.8, 4) is 0 Å². The molecule has 2 rings (SSSR count). The first-order valence-corrected chi connectivity index (χ1v) is 7.24. The second-order valence-corrected chi connectivity index (χ2v) is 5.29. The van der Waals surface area contributed by atoms with Gasteiger partial charge in [-0.05, 0) is 30.2 Å².